The Balaban J connectivity index is 1.18. The normalized spacial score (nSPS) is 20.5. The Morgan fingerprint density at radius 1 is 1.17 bits per heavy atom. The molecule has 2 aliphatic rings. The minimum absolute atomic E-state index is 0.0606. The number of hydrogen-bond donors (Lipinski definition) is 0. The van der Waals surface area contributed by atoms with Gasteiger partial charge in [-0.25, -0.2) is 0 Å². The third-order valence-corrected chi connectivity index (χ3v) is 5.82. The Kier molecular flexibility index (Phi) is 4.54. The number of hydrogen-bond acceptors (Lipinski definition) is 6. The second-order valence-corrected chi connectivity index (χ2v) is 7.84. The van der Waals surface area contributed by atoms with Crippen molar-refractivity contribution in [3.05, 3.63) is 58.5 Å². The monoisotopic (exact) mass is 394 g/mol. The van der Waals surface area contributed by atoms with Gasteiger partial charge in [-0.05, 0) is 37.0 Å². The van der Waals surface area contributed by atoms with E-state index < -0.39 is 0 Å². The minimum atomic E-state index is 0.0606. The maximum atomic E-state index is 12.8. The fraction of sp³-hybridized carbons (Fsp3) is 0.429. The SMILES string of the molecule is O=C(CCCc1nc(-c2ccco2)no1)N1C[C@H]2C[C@@H](C1)c1cccc(=O)n1C2. The summed E-state index contributed by atoms with van der Waals surface area (Å²) in [5.74, 6) is 2.24. The van der Waals surface area contributed by atoms with Gasteiger partial charge < -0.3 is 18.4 Å². The Bertz CT molecular complexity index is 1070. The molecule has 2 atom stereocenters. The van der Waals surface area contributed by atoms with Crippen LogP contribution in [0.5, 0.6) is 0 Å². The molecule has 150 valence electrons. The molecule has 0 spiro atoms. The van der Waals surface area contributed by atoms with Crippen LogP contribution in [-0.4, -0.2) is 38.6 Å². The number of rotatable bonds is 5. The first-order chi connectivity index (χ1) is 14.2. The van der Waals surface area contributed by atoms with Crippen molar-refractivity contribution in [2.24, 2.45) is 5.92 Å². The predicted octanol–water partition coefficient (Wildman–Crippen LogP) is 2.46. The summed E-state index contributed by atoms with van der Waals surface area (Å²) in [6.07, 6.45) is 4.26. The number of carbonyl (C=O) groups excluding carboxylic acids is 1. The van der Waals surface area contributed by atoms with E-state index in [4.69, 9.17) is 8.94 Å². The Hall–Kier alpha value is -3.16. The Morgan fingerprint density at radius 3 is 2.97 bits per heavy atom. The number of likely N-dealkylation sites (tertiary alicyclic amines) is 1. The number of aryl methyl sites for hydroxylation is 1. The third-order valence-electron chi connectivity index (χ3n) is 5.82. The highest BCUT2D eigenvalue weighted by molar-refractivity contribution is 5.76. The third kappa shape index (κ3) is 3.50. The van der Waals surface area contributed by atoms with Crippen molar-refractivity contribution in [1.82, 2.24) is 19.6 Å². The quantitative estimate of drug-likeness (QED) is 0.660. The summed E-state index contributed by atoms with van der Waals surface area (Å²) in [7, 11) is 0. The first-order valence-corrected chi connectivity index (χ1v) is 10.0. The average Bonchev–Trinajstić information content (AvgIpc) is 3.40. The van der Waals surface area contributed by atoms with Crippen LogP contribution in [0, 0.1) is 5.92 Å². The van der Waals surface area contributed by atoms with Gasteiger partial charge in [-0.15, -0.1) is 0 Å². The lowest BCUT2D eigenvalue weighted by Gasteiger charge is -2.42. The number of piperidine rings is 1. The molecule has 0 radical (unpaired) electrons. The number of nitrogens with zero attached hydrogens (tertiary/aromatic N) is 4. The lowest BCUT2D eigenvalue weighted by molar-refractivity contribution is -0.134. The molecule has 3 aromatic rings. The zero-order valence-electron chi connectivity index (χ0n) is 16.0. The van der Waals surface area contributed by atoms with Gasteiger partial charge in [0.1, 0.15) is 0 Å². The molecular weight excluding hydrogens is 372 g/mol. The van der Waals surface area contributed by atoms with Crippen LogP contribution in [-0.2, 0) is 17.8 Å². The summed E-state index contributed by atoms with van der Waals surface area (Å²) in [6, 6.07) is 8.99. The van der Waals surface area contributed by atoms with E-state index in [9.17, 15) is 9.59 Å². The van der Waals surface area contributed by atoms with Gasteiger partial charge in [0, 0.05) is 50.2 Å². The highest BCUT2D eigenvalue weighted by atomic mass is 16.5. The van der Waals surface area contributed by atoms with Crippen molar-refractivity contribution in [1.29, 1.82) is 0 Å². The van der Waals surface area contributed by atoms with Crippen molar-refractivity contribution in [3.63, 3.8) is 0 Å². The first kappa shape index (κ1) is 17.9. The van der Waals surface area contributed by atoms with Crippen molar-refractivity contribution < 1.29 is 13.7 Å². The lowest BCUT2D eigenvalue weighted by atomic mass is 9.83. The van der Waals surface area contributed by atoms with Gasteiger partial charge in [0.25, 0.3) is 5.56 Å². The summed E-state index contributed by atoms with van der Waals surface area (Å²) >= 11 is 0. The van der Waals surface area contributed by atoms with Crippen LogP contribution in [0.2, 0.25) is 0 Å². The maximum Gasteiger partial charge on any atom is 0.250 e. The fourth-order valence-electron chi connectivity index (χ4n) is 4.51. The van der Waals surface area contributed by atoms with Crippen LogP contribution >= 0.6 is 0 Å². The number of pyridine rings is 1. The maximum absolute atomic E-state index is 12.8. The summed E-state index contributed by atoms with van der Waals surface area (Å²) in [6.45, 7) is 2.11. The molecule has 0 N–H and O–H groups in total. The molecule has 5 heterocycles. The minimum Gasteiger partial charge on any atom is -0.461 e. The Labute approximate surface area is 167 Å². The van der Waals surface area contributed by atoms with Crippen LogP contribution in [0.15, 0.2) is 50.3 Å². The summed E-state index contributed by atoms with van der Waals surface area (Å²) < 4.78 is 12.4. The summed E-state index contributed by atoms with van der Waals surface area (Å²) in [5.41, 5.74) is 1.12. The molecule has 0 saturated carbocycles. The molecule has 8 nitrogen and oxygen atoms in total. The van der Waals surface area contributed by atoms with E-state index in [2.05, 4.69) is 10.1 Å². The smallest absolute Gasteiger partial charge is 0.250 e. The molecule has 2 aliphatic heterocycles. The number of furan rings is 1. The second-order valence-electron chi connectivity index (χ2n) is 7.84. The zero-order chi connectivity index (χ0) is 19.8. The van der Waals surface area contributed by atoms with Crippen molar-refractivity contribution in [2.75, 3.05) is 13.1 Å². The number of aromatic nitrogens is 3. The molecule has 5 rings (SSSR count). The lowest BCUT2D eigenvalue weighted by Crippen LogP contribution is -2.49. The van der Waals surface area contributed by atoms with Gasteiger partial charge in [0.15, 0.2) is 5.76 Å². The molecule has 1 amide bonds. The molecule has 2 bridgehead atoms. The van der Waals surface area contributed by atoms with E-state index in [1.807, 2.05) is 21.6 Å². The average molecular weight is 394 g/mol. The number of carbonyl (C=O) groups is 1. The van der Waals surface area contributed by atoms with Crippen LogP contribution in [0.3, 0.4) is 0 Å². The topological polar surface area (TPSA) is 94.4 Å². The van der Waals surface area contributed by atoms with Gasteiger partial charge >= 0.3 is 0 Å². The summed E-state index contributed by atoms with van der Waals surface area (Å²) in [5, 5.41) is 3.91. The first-order valence-electron chi connectivity index (χ1n) is 10.0. The van der Waals surface area contributed by atoms with Crippen molar-refractivity contribution >= 4 is 5.91 Å². The molecule has 1 fully saturated rings. The fourth-order valence-corrected chi connectivity index (χ4v) is 4.51. The second kappa shape index (κ2) is 7.35. The highest BCUT2D eigenvalue weighted by Crippen LogP contribution is 2.35. The van der Waals surface area contributed by atoms with Gasteiger partial charge in [0.2, 0.25) is 17.6 Å². The zero-order valence-corrected chi connectivity index (χ0v) is 16.0. The predicted molar refractivity (Wildman–Crippen MR) is 103 cm³/mol. The molecule has 0 unspecified atom stereocenters. The molecule has 8 heteroatoms. The molecule has 0 aliphatic carbocycles. The number of fused-ring (bicyclic) bond motifs is 4. The summed E-state index contributed by atoms with van der Waals surface area (Å²) in [4.78, 5) is 31.2. The van der Waals surface area contributed by atoms with E-state index in [0.717, 1.165) is 18.7 Å². The van der Waals surface area contributed by atoms with Crippen LogP contribution in [0.1, 0.15) is 36.8 Å². The largest absolute Gasteiger partial charge is 0.461 e. The van der Waals surface area contributed by atoms with Gasteiger partial charge in [-0.2, -0.15) is 4.98 Å². The van der Waals surface area contributed by atoms with E-state index in [-0.39, 0.29) is 17.4 Å². The molecular formula is C21H22N4O4. The molecule has 0 aromatic carbocycles. The number of amides is 1. The van der Waals surface area contributed by atoms with E-state index >= 15 is 0 Å². The molecule has 3 aromatic heterocycles. The highest BCUT2D eigenvalue weighted by Gasteiger charge is 2.35. The molecule has 1 saturated heterocycles. The van der Waals surface area contributed by atoms with Crippen molar-refractivity contribution in [3.8, 4) is 11.6 Å². The van der Waals surface area contributed by atoms with Gasteiger partial charge in [-0.3, -0.25) is 9.59 Å². The standard InChI is InChI=1S/C21H22N4O4/c26-19(7-2-6-18-22-21(23-29-18)17-5-3-9-28-17)24-11-14-10-15(13-24)16-4-1-8-20(27)25(16)12-14/h1,3-5,8-9,14-15H,2,6-7,10-13H2/t14-,15+/m1/s1. The van der Waals surface area contributed by atoms with E-state index in [1.165, 1.54) is 0 Å². The van der Waals surface area contributed by atoms with Gasteiger partial charge in [0.05, 0.1) is 6.26 Å². The van der Waals surface area contributed by atoms with Crippen LogP contribution < -0.4 is 5.56 Å². The van der Waals surface area contributed by atoms with Crippen LogP contribution in [0.25, 0.3) is 11.6 Å². The van der Waals surface area contributed by atoms with Gasteiger partial charge in [-0.1, -0.05) is 11.2 Å². The van der Waals surface area contributed by atoms with Crippen LogP contribution in [0.4, 0.5) is 0 Å². The molecule has 29 heavy (non-hydrogen) atoms. The van der Waals surface area contributed by atoms with Crippen molar-refractivity contribution in [2.45, 2.75) is 38.1 Å². The van der Waals surface area contributed by atoms with E-state index in [0.29, 0.717) is 55.7 Å². The Morgan fingerprint density at radius 2 is 2.10 bits per heavy atom. The van der Waals surface area contributed by atoms with E-state index in [1.54, 1.807) is 24.5 Å².